The minimum Gasteiger partial charge on any atom is -0.465 e. The van der Waals surface area contributed by atoms with Crippen molar-refractivity contribution >= 4 is 13.7 Å². The van der Waals surface area contributed by atoms with Gasteiger partial charge in [-0.3, -0.25) is 42.5 Å². The highest BCUT2D eigenvalue weighted by Gasteiger charge is 2.42. The van der Waals surface area contributed by atoms with E-state index in [1.807, 2.05) is 0 Å². The Labute approximate surface area is 270 Å². The first-order valence-corrected chi connectivity index (χ1v) is 16.2. The van der Waals surface area contributed by atoms with Gasteiger partial charge in [0.25, 0.3) is 11.1 Å². The molecule has 0 aromatic carbocycles. The molecule has 0 bridgehead atoms. The van der Waals surface area contributed by atoms with Gasteiger partial charge in [-0.05, 0) is 38.8 Å². The number of nitrogens with zero attached hydrogens (tertiary/aromatic N) is 8. The number of aryl methyl sites for hydroxylation is 2. The van der Waals surface area contributed by atoms with Gasteiger partial charge in [-0.2, -0.15) is 0 Å². The van der Waals surface area contributed by atoms with Crippen LogP contribution in [0.4, 0.5) is 0 Å². The third kappa shape index (κ3) is 8.49. The number of rotatable bonds is 14. The summed E-state index contributed by atoms with van der Waals surface area (Å²) < 4.78 is 44.5. The van der Waals surface area contributed by atoms with E-state index in [0.717, 1.165) is 9.13 Å². The second-order valence-electron chi connectivity index (χ2n) is 10.9. The number of aromatic nitrogens is 4. The van der Waals surface area contributed by atoms with Crippen molar-refractivity contribution in [3.63, 3.8) is 0 Å². The molecule has 260 valence electrons. The summed E-state index contributed by atoms with van der Waals surface area (Å²) >= 11 is 0. The summed E-state index contributed by atoms with van der Waals surface area (Å²) in [6, 6.07) is -3.04. The molecule has 23 heteroatoms. The van der Waals surface area contributed by atoms with Crippen LogP contribution >= 0.6 is 7.75 Å². The average molecular weight is 696 g/mol. The lowest BCUT2D eigenvalue weighted by atomic mass is 10.1. The summed E-state index contributed by atoms with van der Waals surface area (Å²) in [5.74, 6) is -0.779. The molecule has 4 heterocycles. The van der Waals surface area contributed by atoms with Crippen molar-refractivity contribution in [1.29, 1.82) is 0 Å². The van der Waals surface area contributed by atoms with Crippen LogP contribution in [0.3, 0.4) is 0 Å². The Kier molecular flexibility index (Phi) is 11.8. The van der Waals surface area contributed by atoms with Crippen molar-refractivity contribution in [3.05, 3.63) is 86.1 Å². The Morgan fingerprint density at radius 3 is 1.79 bits per heavy atom. The molecule has 2 aromatic rings. The number of ether oxygens (including phenoxy) is 3. The zero-order chi connectivity index (χ0) is 35.2. The Morgan fingerprint density at radius 1 is 0.958 bits per heavy atom. The molecule has 0 radical (unpaired) electrons. The van der Waals surface area contributed by atoms with Crippen LogP contribution in [0, 0.1) is 13.8 Å². The molecule has 2 aliphatic heterocycles. The topological polar surface area (TPSA) is 300 Å². The molecule has 0 saturated carbocycles. The monoisotopic (exact) mass is 695 g/mol. The number of hydrogen-bond donors (Lipinski definition) is 3. The fraction of sp³-hybridized carbons (Fsp3) is 0.640. The molecule has 0 amide bonds. The smallest absolute Gasteiger partial charge is 0.406 e. The number of carbonyl (C=O) groups is 1. The second-order valence-corrected chi connectivity index (χ2v) is 12.7. The molecule has 2 fully saturated rings. The van der Waals surface area contributed by atoms with Gasteiger partial charge < -0.3 is 14.2 Å². The zero-order valence-corrected chi connectivity index (χ0v) is 27.1. The fourth-order valence-electron chi connectivity index (χ4n) is 5.06. The molecule has 48 heavy (non-hydrogen) atoms. The predicted octanol–water partition coefficient (Wildman–Crippen LogP) is 1.32. The van der Waals surface area contributed by atoms with Gasteiger partial charge in [-0.25, -0.2) is 19.2 Å². The maximum absolute atomic E-state index is 14.1. The molecule has 0 spiro atoms. The quantitative estimate of drug-likeness (QED) is 0.0829. The number of nitrogens with one attached hydrogen (secondary N) is 3. The number of carbonyl (C=O) groups excluding carboxylic acids is 1. The molecule has 2 aliphatic rings. The first-order chi connectivity index (χ1) is 22.8. The van der Waals surface area contributed by atoms with Crippen LogP contribution in [-0.2, 0) is 32.6 Å². The molecule has 2 saturated heterocycles. The Bertz CT molecular complexity index is 1780. The average Bonchev–Trinajstić information content (AvgIpc) is 3.63. The van der Waals surface area contributed by atoms with E-state index >= 15 is 0 Å². The minimum absolute atomic E-state index is 0.00393. The standard InChI is InChI=1S/C25H34N11O11P/c1-5-43-23(39)14(4)32-48(42,44-10-17-15(30-33-26)6-19(46-17)35-8-12(2)21(37)28-24(35)40)45-11-18-16(31-34-27)7-20(47-18)36-9-13(3)22(38)29-25(36)41/h8-9,14-20H,5-7,10-11H2,1-4H3,(H,32,42)(H,28,37,40)(H,29,38,41)/t14?,15-,16-,17+,18+,19+,20+/m0/s1. The van der Waals surface area contributed by atoms with E-state index in [4.69, 9.17) is 34.3 Å². The summed E-state index contributed by atoms with van der Waals surface area (Å²) in [5, 5.41) is 9.89. The first kappa shape index (κ1) is 36.3. The number of esters is 1. The summed E-state index contributed by atoms with van der Waals surface area (Å²) in [6.07, 6.45) is -1.55. The lowest BCUT2D eigenvalue weighted by molar-refractivity contribution is -0.144. The van der Waals surface area contributed by atoms with Crippen molar-refractivity contribution in [2.24, 2.45) is 10.2 Å². The van der Waals surface area contributed by atoms with E-state index in [1.165, 1.54) is 33.2 Å². The number of aromatic amines is 2. The molecule has 3 N–H and O–H groups in total. The van der Waals surface area contributed by atoms with E-state index in [1.54, 1.807) is 6.92 Å². The Morgan fingerprint density at radius 2 is 1.40 bits per heavy atom. The Hall–Kier alpha value is -4.52. The molecule has 22 nitrogen and oxygen atoms in total. The number of azide groups is 2. The summed E-state index contributed by atoms with van der Waals surface area (Å²) in [6.45, 7) is 4.87. The fourth-order valence-corrected chi connectivity index (χ4v) is 6.55. The third-order valence-electron chi connectivity index (χ3n) is 7.53. The summed E-state index contributed by atoms with van der Waals surface area (Å²) in [5.41, 5.74) is 16.0. The highest BCUT2D eigenvalue weighted by Crippen LogP contribution is 2.47. The summed E-state index contributed by atoms with van der Waals surface area (Å²) in [7, 11) is -4.49. The molecule has 4 rings (SSSR count). The highest BCUT2D eigenvalue weighted by molar-refractivity contribution is 7.51. The minimum atomic E-state index is -4.49. The van der Waals surface area contributed by atoms with Crippen LogP contribution in [0.5, 0.6) is 0 Å². The van der Waals surface area contributed by atoms with Gasteiger partial charge in [0, 0.05) is 46.2 Å². The normalized spacial score (nSPS) is 25.4. The highest BCUT2D eigenvalue weighted by atomic mass is 31.2. The first-order valence-electron chi connectivity index (χ1n) is 14.7. The van der Waals surface area contributed by atoms with E-state index in [0.29, 0.717) is 0 Å². The van der Waals surface area contributed by atoms with Crippen molar-refractivity contribution in [3.8, 4) is 0 Å². The van der Waals surface area contributed by atoms with Crippen LogP contribution in [0.2, 0.25) is 0 Å². The summed E-state index contributed by atoms with van der Waals surface area (Å²) in [4.78, 5) is 70.9. The van der Waals surface area contributed by atoms with E-state index < -0.39 is 92.2 Å². The maximum atomic E-state index is 14.1. The Balaban J connectivity index is 1.55. The van der Waals surface area contributed by atoms with Gasteiger partial charge in [-0.15, -0.1) is 0 Å². The van der Waals surface area contributed by atoms with Crippen LogP contribution in [0.25, 0.3) is 20.9 Å². The van der Waals surface area contributed by atoms with Crippen molar-refractivity contribution in [1.82, 2.24) is 24.2 Å². The van der Waals surface area contributed by atoms with E-state index in [-0.39, 0.29) is 30.6 Å². The van der Waals surface area contributed by atoms with Gasteiger partial charge in [0.05, 0.1) is 44.1 Å². The SMILES string of the molecule is CCOC(=O)C(C)NP(=O)(OC[C@H]1O[C@@H](n2cc(C)c(=O)[nH]c2=O)C[C@@H]1N=[N+]=[N-])OC[C@H]1O[C@@H](n2cc(C)c(=O)[nH]c2=O)C[C@@H]1N=[N+]=[N-]. The van der Waals surface area contributed by atoms with E-state index in [9.17, 15) is 28.5 Å². The largest absolute Gasteiger partial charge is 0.465 e. The van der Waals surface area contributed by atoms with Crippen LogP contribution in [0.15, 0.2) is 41.8 Å². The van der Waals surface area contributed by atoms with Crippen LogP contribution < -0.4 is 27.6 Å². The van der Waals surface area contributed by atoms with Crippen LogP contribution in [0.1, 0.15) is 50.3 Å². The van der Waals surface area contributed by atoms with Crippen molar-refractivity contribution in [2.45, 2.75) is 83.3 Å². The third-order valence-corrected chi connectivity index (χ3v) is 9.21. The predicted molar refractivity (Wildman–Crippen MR) is 164 cm³/mol. The molecule has 7 atom stereocenters. The number of hydrogen-bond acceptors (Lipinski definition) is 13. The molecule has 2 aromatic heterocycles. The molecular weight excluding hydrogens is 661 g/mol. The zero-order valence-electron chi connectivity index (χ0n) is 26.2. The van der Waals surface area contributed by atoms with Gasteiger partial charge >= 0.3 is 25.1 Å². The van der Waals surface area contributed by atoms with Gasteiger partial charge in [-0.1, -0.05) is 10.2 Å². The number of H-pyrrole nitrogens is 2. The van der Waals surface area contributed by atoms with Gasteiger partial charge in [0.2, 0.25) is 0 Å². The van der Waals surface area contributed by atoms with Gasteiger partial charge in [0.1, 0.15) is 18.5 Å². The second kappa shape index (κ2) is 15.6. The molecule has 1 unspecified atom stereocenters. The van der Waals surface area contributed by atoms with E-state index in [2.05, 4.69) is 35.1 Å². The lowest BCUT2D eigenvalue weighted by Crippen LogP contribution is -2.37. The maximum Gasteiger partial charge on any atom is 0.406 e. The molecule has 0 aliphatic carbocycles. The van der Waals surface area contributed by atoms with Crippen molar-refractivity contribution < 1.29 is 32.6 Å². The van der Waals surface area contributed by atoms with Crippen LogP contribution in [-0.4, -0.2) is 75.2 Å². The molecular formula is C25H34N11O11P. The van der Waals surface area contributed by atoms with Gasteiger partial charge in [0.15, 0.2) is 0 Å². The lowest BCUT2D eigenvalue weighted by Gasteiger charge is -2.26. The van der Waals surface area contributed by atoms with Crippen molar-refractivity contribution in [2.75, 3.05) is 19.8 Å².